The van der Waals surface area contributed by atoms with E-state index < -0.39 is 16.6 Å². The first kappa shape index (κ1) is 15.4. The van der Waals surface area contributed by atoms with E-state index in [2.05, 4.69) is 47.0 Å². The van der Waals surface area contributed by atoms with Crippen molar-refractivity contribution in [3.05, 3.63) is 0 Å². The first-order valence-corrected chi connectivity index (χ1v) is 11.7. The van der Waals surface area contributed by atoms with Gasteiger partial charge < -0.3 is 8.85 Å². The average molecular weight is 249 g/mol. The SMILES string of the molecule is CO[Si](C)(C)CCO[Si](C)(C)C(C)(C)C. The van der Waals surface area contributed by atoms with Crippen LogP contribution in [0.2, 0.25) is 37.3 Å². The predicted octanol–water partition coefficient (Wildman–Crippen LogP) is 3.86. The highest BCUT2D eigenvalue weighted by Crippen LogP contribution is 2.36. The Labute approximate surface area is 97.6 Å². The lowest BCUT2D eigenvalue weighted by Gasteiger charge is -2.36. The van der Waals surface area contributed by atoms with E-state index in [9.17, 15) is 0 Å². The van der Waals surface area contributed by atoms with Crippen molar-refractivity contribution in [2.45, 2.75) is 58.0 Å². The second kappa shape index (κ2) is 5.12. The zero-order chi connectivity index (χ0) is 12.3. The van der Waals surface area contributed by atoms with Crippen LogP contribution < -0.4 is 0 Å². The molecule has 2 nitrogen and oxygen atoms in total. The Morgan fingerprint density at radius 2 is 1.47 bits per heavy atom. The highest BCUT2D eigenvalue weighted by molar-refractivity contribution is 6.74. The van der Waals surface area contributed by atoms with E-state index in [0.717, 1.165) is 12.7 Å². The van der Waals surface area contributed by atoms with Crippen molar-refractivity contribution in [2.75, 3.05) is 13.7 Å². The van der Waals surface area contributed by atoms with Gasteiger partial charge in [0.2, 0.25) is 0 Å². The molecule has 0 aliphatic carbocycles. The predicted molar refractivity (Wildman–Crippen MR) is 72.4 cm³/mol. The summed E-state index contributed by atoms with van der Waals surface area (Å²) in [6, 6.07) is 1.09. The fourth-order valence-electron chi connectivity index (χ4n) is 0.871. The zero-order valence-electron chi connectivity index (χ0n) is 11.7. The first-order valence-electron chi connectivity index (χ1n) is 5.71. The Hall–Kier alpha value is 0.354. The molecule has 0 bridgehead atoms. The lowest BCUT2D eigenvalue weighted by molar-refractivity contribution is 0.296. The number of hydrogen-bond acceptors (Lipinski definition) is 2. The van der Waals surface area contributed by atoms with Crippen molar-refractivity contribution in [3.8, 4) is 0 Å². The second-order valence-electron chi connectivity index (χ2n) is 6.32. The number of rotatable bonds is 5. The van der Waals surface area contributed by atoms with E-state index in [4.69, 9.17) is 8.85 Å². The van der Waals surface area contributed by atoms with Crippen molar-refractivity contribution in [3.63, 3.8) is 0 Å². The van der Waals surface area contributed by atoms with E-state index in [0.29, 0.717) is 5.04 Å². The summed E-state index contributed by atoms with van der Waals surface area (Å²) in [6.45, 7) is 16.8. The zero-order valence-corrected chi connectivity index (χ0v) is 13.7. The molecule has 0 amide bonds. The van der Waals surface area contributed by atoms with Gasteiger partial charge in [-0.25, -0.2) is 0 Å². The minimum absolute atomic E-state index is 0.311. The van der Waals surface area contributed by atoms with Gasteiger partial charge in [-0.15, -0.1) is 0 Å². The molecule has 0 aromatic heterocycles. The summed E-state index contributed by atoms with van der Waals surface area (Å²) in [4.78, 5) is 0. The molecule has 0 rings (SSSR count). The maximum absolute atomic E-state index is 6.13. The third-order valence-electron chi connectivity index (χ3n) is 3.53. The Bertz CT molecular complexity index is 195. The van der Waals surface area contributed by atoms with Crippen LogP contribution in [0, 0.1) is 0 Å². The van der Waals surface area contributed by atoms with Crippen molar-refractivity contribution in [1.82, 2.24) is 0 Å². The van der Waals surface area contributed by atoms with Gasteiger partial charge in [0.1, 0.15) is 0 Å². The standard InChI is InChI=1S/C11H28O2Si2/c1-11(2,3)15(7,8)13-9-10-14(5,6)12-4/h9-10H2,1-8H3. The average Bonchev–Trinajstić information content (AvgIpc) is 2.01. The maximum Gasteiger partial charge on any atom is 0.191 e. The van der Waals surface area contributed by atoms with Crippen LogP contribution in [0.5, 0.6) is 0 Å². The first-order chi connectivity index (χ1) is 6.52. The van der Waals surface area contributed by atoms with Gasteiger partial charge in [0.15, 0.2) is 16.6 Å². The molecule has 0 aromatic carbocycles. The van der Waals surface area contributed by atoms with Gasteiger partial charge in [-0.05, 0) is 37.3 Å². The van der Waals surface area contributed by atoms with E-state index in [1.165, 1.54) is 0 Å². The summed E-state index contributed by atoms with van der Waals surface area (Å²) in [5.41, 5.74) is 0. The lowest BCUT2D eigenvalue weighted by Crippen LogP contribution is -2.42. The summed E-state index contributed by atoms with van der Waals surface area (Å²) >= 11 is 0. The smallest absolute Gasteiger partial charge is 0.191 e. The molecule has 4 heteroatoms. The molecular weight excluding hydrogens is 220 g/mol. The van der Waals surface area contributed by atoms with Gasteiger partial charge in [0.05, 0.1) is 0 Å². The van der Waals surface area contributed by atoms with Gasteiger partial charge in [0, 0.05) is 13.7 Å². The van der Waals surface area contributed by atoms with Gasteiger partial charge in [-0.2, -0.15) is 0 Å². The molecule has 0 radical (unpaired) electrons. The van der Waals surface area contributed by atoms with E-state index in [1.54, 1.807) is 0 Å². The molecule has 92 valence electrons. The Morgan fingerprint density at radius 1 is 1.00 bits per heavy atom. The van der Waals surface area contributed by atoms with Crippen LogP contribution in [0.15, 0.2) is 0 Å². The molecule has 0 aliphatic heterocycles. The number of hydrogen-bond donors (Lipinski definition) is 0. The van der Waals surface area contributed by atoms with Gasteiger partial charge in [-0.1, -0.05) is 20.8 Å². The van der Waals surface area contributed by atoms with Crippen molar-refractivity contribution < 1.29 is 8.85 Å². The molecule has 0 fully saturated rings. The van der Waals surface area contributed by atoms with Crippen LogP contribution in [-0.2, 0) is 8.85 Å². The Kier molecular flexibility index (Phi) is 5.24. The molecule has 0 unspecified atom stereocenters. The van der Waals surface area contributed by atoms with Crippen LogP contribution >= 0.6 is 0 Å². The lowest BCUT2D eigenvalue weighted by atomic mass is 10.2. The van der Waals surface area contributed by atoms with E-state index in [1.807, 2.05) is 7.11 Å². The summed E-state index contributed by atoms with van der Waals surface area (Å²) in [6.07, 6.45) is 0. The third kappa shape index (κ3) is 5.29. The quantitative estimate of drug-likeness (QED) is 0.688. The molecule has 0 saturated heterocycles. The van der Waals surface area contributed by atoms with Gasteiger partial charge in [0.25, 0.3) is 0 Å². The van der Waals surface area contributed by atoms with Crippen LogP contribution in [0.4, 0.5) is 0 Å². The summed E-state index contributed by atoms with van der Waals surface area (Å²) in [5, 5.41) is 0.311. The van der Waals surface area contributed by atoms with Crippen molar-refractivity contribution in [1.29, 1.82) is 0 Å². The molecule has 15 heavy (non-hydrogen) atoms. The molecular formula is C11H28O2Si2. The third-order valence-corrected chi connectivity index (χ3v) is 10.6. The monoisotopic (exact) mass is 248 g/mol. The summed E-state index contributed by atoms with van der Waals surface area (Å²) in [7, 11) is -1.17. The molecule has 0 aromatic rings. The largest absolute Gasteiger partial charge is 0.420 e. The molecule has 0 atom stereocenters. The Balaban J connectivity index is 4.07. The van der Waals surface area contributed by atoms with Crippen molar-refractivity contribution in [2.24, 2.45) is 0 Å². The minimum atomic E-state index is -1.55. The van der Waals surface area contributed by atoms with E-state index >= 15 is 0 Å². The fourth-order valence-corrected chi connectivity index (χ4v) is 2.92. The van der Waals surface area contributed by atoms with Crippen LogP contribution in [0.3, 0.4) is 0 Å². The second-order valence-corrected chi connectivity index (χ2v) is 15.6. The fraction of sp³-hybridized carbons (Fsp3) is 1.00. The van der Waals surface area contributed by atoms with Crippen LogP contribution in [0.1, 0.15) is 20.8 Å². The topological polar surface area (TPSA) is 18.5 Å². The highest BCUT2D eigenvalue weighted by Gasteiger charge is 2.37. The maximum atomic E-state index is 6.13. The Morgan fingerprint density at radius 3 is 1.80 bits per heavy atom. The van der Waals surface area contributed by atoms with Crippen LogP contribution in [0.25, 0.3) is 0 Å². The molecule has 0 N–H and O–H groups in total. The van der Waals surface area contributed by atoms with E-state index in [-0.39, 0.29) is 0 Å². The van der Waals surface area contributed by atoms with Crippen molar-refractivity contribution >= 4 is 16.6 Å². The molecule has 0 saturated carbocycles. The molecule has 0 spiro atoms. The molecule has 0 heterocycles. The minimum Gasteiger partial charge on any atom is -0.420 e. The highest BCUT2D eigenvalue weighted by atomic mass is 28.4. The molecule has 0 aliphatic rings. The van der Waals surface area contributed by atoms with Gasteiger partial charge in [-0.3, -0.25) is 0 Å². The normalized spacial score (nSPS) is 14.4. The summed E-state index contributed by atoms with van der Waals surface area (Å²) < 4.78 is 11.6. The van der Waals surface area contributed by atoms with Crippen LogP contribution in [-0.4, -0.2) is 30.4 Å². The summed E-state index contributed by atoms with van der Waals surface area (Å²) in [5.74, 6) is 0. The van der Waals surface area contributed by atoms with Gasteiger partial charge >= 0.3 is 0 Å².